The lowest BCUT2D eigenvalue weighted by atomic mass is 9.96. The average Bonchev–Trinajstić information content (AvgIpc) is 3.21. The van der Waals surface area contributed by atoms with E-state index < -0.39 is 0 Å². The van der Waals surface area contributed by atoms with E-state index in [0.29, 0.717) is 17.7 Å². The van der Waals surface area contributed by atoms with Gasteiger partial charge in [0.15, 0.2) is 0 Å². The van der Waals surface area contributed by atoms with Crippen molar-refractivity contribution in [3.63, 3.8) is 0 Å². The smallest absolute Gasteiger partial charge is 0.225 e. The van der Waals surface area contributed by atoms with Crippen LogP contribution < -0.4 is 10.6 Å². The number of nitrogens with zero attached hydrogens (tertiary/aromatic N) is 1. The minimum atomic E-state index is 0.112. The topological polar surface area (TPSA) is 61.4 Å². The van der Waals surface area contributed by atoms with Gasteiger partial charge in [-0.2, -0.15) is 0 Å². The molecule has 20 heavy (non-hydrogen) atoms. The Morgan fingerprint density at radius 2 is 1.80 bits per heavy atom. The van der Waals surface area contributed by atoms with Crippen molar-refractivity contribution in [2.24, 2.45) is 17.8 Å². The highest BCUT2D eigenvalue weighted by Crippen LogP contribution is 2.31. The Hall–Kier alpha value is -1.10. The van der Waals surface area contributed by atoms with Crippen molar-refractivity contribution in [1.82, 2.24) is 15.5 Å². The third-order valence-electron chi connectivity index (χ3n) is 4.93. The second-order valence-electron chi connectivity index (χ2n) is 6.62. The molecule has 112 valence electrons. The van der Waals surface area contributed by atoms with Crippen LogP contribution in [0.3, 0.4) is 0 Å². The lowest BCUT2D eigenvalue weighted by Gasteiger charge is -2.33. The molecular weight excluding hydrogens is 254 g/mol. The number of carbonyl (C=O) groups is 2. The second-order valence-corrected chi connectivity index (χ2v) is 6.62. The summed E-state index contributed by atoms with van der Waals surface area (Å²) in [5.74, 6) is 1.37. The van der Waals surface area contributed by atoms with Crippen LogP contribution in [0.1, 0.15) is 32.6 Å². The van der Waals surface area contributed by atoms with Crippen LogP contribution in [-0.4, -0.2) is 48.9 Å². The molecule has 0 unspecified atom stereocenters. The predicted molar refractivity (Wildman–Crippen MR) is 76.0 cm³/mol. The maximum atomic E-state index is 12.2. The zero-order valence-electron chi connectivity index (χ0n) is 12.2. The Balaban J connectivity index is 1.44. The molecule has 5 heteroatoms. The van der Waals surface area contributed by atoms with Crippen LogP contribution in [0.2, 0.25) is 0 Å². The summed E-state index contributed by atoms with van der Waals surface area (Å²) >= 11 is 0. The molecule has 2 aliphatic heterocycles. The fraction of sp³-hybridized carbons (Fsp3) is 0.867. The van der Waals surface area contributed by atoms with E-state index in [1.165, 1.54) is 0 Å². The molecule has 2 heterocycles. The maximum absolute atomic E-state index is 12.2. The van der Waals surface area contributed by atoms with Crippen molar-refractivity contribution in [2.45, 2.75) is 38.6 Å². The van der Waals surface area contributed by atoms with Gasteiger partial charge in [0.2, 0.25) is 11.8 Å². The number of piperidine rings is 1. The van der Waals surface area contributed by atoms with Crippen LogP contribution in [0.4, 0.5) is 0 Å². The summed E-state index contributed by atoms with van der Waals surface area (Å²) in [7, 11) is 0. The van der Waals surface area contributed by atoms with Gasteiger partial charge in [-0.05, 0) is 38.1 Å². The van der Waals surface area contributed by atoms with Crippen molar-refractivity contribution in [3.8, 4) is 0 Å². The van der Waals surface area contributed by atoms with Crippen molar-refractivity contribution >= 4 is 11.8 Å². The number of carbonyl (C=O) groups excluding carboxylic acids is 2. The molecule has 3 rings (SSSR count). The minimum Gasteiger partial charge on any atom is -0.353 e. The third-order valence-corrected chi connectivity index (χ3v) is 4.93. The van der Waals surface area contributed by atoms with Crippen LogP contribution in [0.15, 0.2) is 0 Å². The molecule has 0 radical (unpaired) electrons. The van der Waals surface area contributed by atoms with Crippen LogP contribution in [-0.2, 0) is 9.59 Å². The van der Waals surface area contributed by atoms with E-state index in [9.17, 15) is 9.59 Å². The quantitative estimate of drug-likeness (QED) is 0.784. The van der Waals surface area contributed by atoms with E-state index in [4.69, 9.17) is 0 Å². The Kier molecular flexibility index (Phi) is 3.96. The molecule has 3 fully saturated rings. The van der Waals surface area contributed by atoms with Gasteiger partial charge in [0.05, 0.1) is 5.92 Å². The molecule has 2 N–H and O–H groups in total. The van der Waals surface area contributed by atoms with Crippen molar-refractivity contribution in [1.29, 1.82) is 0 Å². The summed E-state index contributed by atoms with van der Waals surface area (Å²) in [6.45, 7) is 5.47. The lowest BCUT2D eigenvalue weighted by Crippen LogP contribution is -2.48. The first-order valence-electron chi connectivity index (χ1n) is 7.95. The maximum Gasteiger partial charge on any atom is 0.225 e. The normalized spacial score (nSPS) is 31.4. The number of nitrogens with one attached hydrogen (secondary N) is 2. The number of hydrogen-bond acceptors (Lipinski definition) is 3. The molecule has 5 nitrogen and oxygen atoms in total. The van der Waals surface area contributed by atoms with E-state index >= 15 is 0 Å². The summed E-state index contributed by atoms with van der Waals surface area (Å²) in [5.41, 5.74) is 0. The highest BCUT2D eigenvalue weighted by molar-refractivity contribution is 5.81. The number of hydrogen-bond donors (Lipinski definition) is 2. The zero-order chi connectivity index (χ0) is 14.1. The molecule has 1 aliphatic carbocycles. The number of likely N-dealkylation sites (tertiary alicyclic amines) is 1. The summed E-state index contributed by atoms with van der Waals surface area (Å²) in [6, 6.07) is 0.249. The molecule has 1 saturated carbocycles. The van der Waals surface area contributed by atoms with Gasteiger partial charge in [0.1, 0.15) is 0 Å². The molecular formula is C15H25N3O2. The van der Waals surface area contributed by atoms with Gasteiger partial charge in [-0.25, -0.2) is 0 Å². The van der Waals surface area contributed by atoms with Crippen molar-refractivity contribution < 1.29 is 9.59 Å². The lowest BCUT2D eigenvalue weighted by molar-refractivity contribution is -0.133. The van der Waals surface area contributed by atoms with E-state index in [1.807, 2.05) is 4.90 Å². The fourth-order valence-corrected chi connectivity index (χ4v) is 3.30. The van der Waals surface area contributed by atoms with Crippen molar-refractivity contribution in [2.75, 3.05) is 26.2 Å². The fourth-order valence-electron chi connectivity index (χ4n) is 3.30. The molecule has 2 amide bonds. The third kappa shape index (κ3) is 2.97. The number of amides is 2. The summed E-state index contributed by atoms with van der Waals surface area (Å²) < 4.78 is 0. The Morgan fingerprint density at radius 1 is 1.10 bits per heavy atom. The SMILES string of the molecule is C[C@@H]1CNC[C@H]1C(=O)NC1CCN(C(=O)C2CC2)CC1. The van der Waals surface area contributed by atoms with Crippen LogP contribution in [0.5, 0.6) is 0 Å². The van der Waals surface area contributed by atoms with Gasteiger partial charge in [-0.15, -0.1) is 0 Å². The van der Waals surface area contributed by atoms with E-state index in [0.717, 1.165) is 51.9 Å². The molecule has 0 aromatic heterocycles. The first-order valence-corrected chi connectivity index (χ1v) is 7.95. The summed E-state index contributed by atoms with van der Waals surface area (Å²) in [6.07, 6.45) is 3.95. The standard InChI is InChI=1S/C15H25N3O2/c1-10-8-16-9-13(10)14(19)17-12-4-6-18(7-5-12)15(20)11-2-3-11/h10-13,16H,2-9H2,1H3,(H,17,19)/t10-,13-/m1/s1. The molecule has 0 aromatic rings. The van der Waals surface area contributed by atoms with E-state index in [-0.39, 0.29) is 17.9 Å². The Labute approximate surface area is 120 Å². The molecule has 3 aliphatic rings. The molecule has 0 spiro atoms. The van der Waals surface area contributed by atoms with Gasteiger partial charge >= 0.3 is 0 Å². The molecule has 2 atom stereocenters. The highest BCUT2D eigenvalue weighted by atomic mass is 16.2. The van der Waals surface area contributed by atoms with Crippen molar-refractivity contribution in [3.05, 3.63) is 0 Å². The Bertz CT molecular complexity index is 387. The van der Waals surface area contributed by atoms with Gasteiger partial charge < -0.3 is 15.5 Å². The van der Waals surface area contributed by atoms with Gasteiger partial charge in [-0.3, -0.25) is 9.59 Å². The first-order chi connectivity index (χ1) is 9.65. The van der Waals surface area contributed by atoms with Crippen LogP contribution in [0, 0.1) is 17.8 Å². The predicted octanol–water partition coefficient (Wildman–Crippen LogP) is 0.359. The van der Waals surface area contributed by atoms with E-state index in [2.05, 4.69) is 17.6 Å². The largest absolute Gasteiger partial charge is 0.353 e. The highest BCUT2D eigenvalue weighted by Gasteiger charge is 2.36. The molecule has 2 saturated heterocycles. The summed E-state index contributed by atoms with van der Waals surface area (Å²) in [5, 5.41) is 6.45. The van der Waals surface area contributed by atoms with E-state index in [1.54, 1.807) is 0 Å². The second kappa shape index (κ2) is 5.72. The minimum absolute atomic E-state index is 0.112. The van der Waals surface area contributed by atoms with Gasteiger partial charge in [-0.1, -0.05) is 6.92 Å². The van der Waals surface area contributed by atoms with Gasteiger partial charge in [0.25, 0.3) is 0 Å². The van der Waals surface area contributed by atoms with Gasteiger partial charge in [0, 0.05) is 31.6 Å². The molecule has 0 bridgehead atoms. The Morgan fingerprint density at radius 3 is 2.35 bits per heavy atom. The monoisotopic (exact) mass is 279 g/mol. The van der Waals surface area contributed by atoms with Crippen LogP contribution in [0.25, 0.3) is 0 Å². The van der Waals surface area contributed by atoms with Crippen LogP contribution >= 0.6 is 0 Å². The average molecular weight is 279 g/mol. The first kappa shape index (κ1) is 13.9. The number of rotatable bonds is 3. The zero-order valence-corrected chi connectivity index (χ0v) is 12.2. The molecule has 0 aromatic carbocycles. The summed E-state index contributed by atoms with van der Waals surface area (Å²) in [4.78, 5) is 26.2.